The molecule has 0 fully saturated rings. The molecule has 9 aromatic rings. The molecule has 0 amide bonds. The lowest BCUT2D eigenvalue weighted by Crippen LogP contribution is -2.15. The second kappa shape index (κ2) is 8.74. The number of fused-ring (bicyclic) bond motifs is 12. The zero-order chi connectivity index (χ0) is 29.9. The van der Waals surface area contributed by atoms with E-state index in [-0.39, 0.29) is 5.41 Å². The Morgan fingerprint density at radius 2 is 1.02 bits per heavy atom. The van der Waals surface area contributed by atoms with Crippen molar-refractivity contribution in [3.05, 3.63) is 157 Å². The molecule has 1 aliphatic carbocycles. The third-order valence-electron chi connectivity index (χ3n) is 10.3. The molecule has 7 aromatic carbocycles. The predicted octanol–water partition coefficient (Wildman–Crippen LogP) is 11.3. The average molecular weight is 575 g/mol. The van der Waals surface area contributed by atoms with Crippen LogP contribution in [0.5, 0.6) is 0 Å². The van der Waals surface area contributed by atoms with Crippen molar-refractivity contribution in [1.82, 2.24) is 9.13 Å². The Balaban J connectivity index is 1.34. The summed E-state index contributed by atoms with van der Waals surface area (Å²) in [4.78, 5) is 0. The largest absolute Gasteiger partial charge is 0.309 e. The van der Waals surface area contributed by atoms with E-state index in [9.17, 15) is 0 Å². The number of hydrogen-bond acceptors (Lipinski definition) is 0. The number of benzene rings is 7. The van der Waals surface area contributed by atoms with Gasteiger partial charge in [0.15, 0.2) is 0 Å². The first-order chi connectivity index (χ1) is 22.1. The Bertz CT molecular complexity index is 2670. The maximum Gasteiger partial charge on any atom is 0.0562 e. The van der Waals surface area contributed by atoms with Crippen molar-refractivity contribution in [2.45, 2.75) is 19.3 Å². The van der Waals surface area contributed by atoms with E-state index in [4.69, 9.17) is 0 Å². The second-order valence-electron chi connectivity index (χ2n) is 12.9. The molecule has 2 heterocycles. The van der Waals surface area contributed by atoms with Gasteiger partial charge in [-0.1, -0.05) is 117 Å². The fourth-order valence-corrected chi connectivity index (χ4v) is 8.47. The summed E-state index contributed by atoms with van der Waals surface area (Å²) in [6, 6.07) is 53.7. The molecule has 212 valence electrons. The van der Waals surface area contributed by atoms with E-state index < -0.39 is 0 Å². The number of aromatic nitrogens is 2. The monoisotopic (exact) mass is 574 g/mol. The van der Waals surface area contributed by atoms with Crippen LogP contribution < -0.4 is 0 Å². The van der Waals surface area contributed by atoms with E-state index in [1.807, 2.05) is 0 Å². The third kappa shape index (κ3) is 3.13. The fraction of sp³-hybridized carbons (Fsp3) is 0.0698. The molecule has 0 bridgehead atoms. The number of hydrogen-bond donors (Lipinski definition) is 0. The minimum absolute atomic E-state index is 0.0671. The highest BCUT2D eigenvalue weighted by Crippen LogP contribution is 2.52. The van der Waals surface area contributed by atoms with Gasteiger partial charge >= 0.3 is 0 Å². The zero-order valence-electron chi connectivity index (χ0n) is 25.3. The molecule has 1 aliphatic rings. The molecule has 0 saturated carbocycles. The highest BCUT2D eigenvalue weighted by Gasteiger charge is 2.37. The quantitative estimate of drug-likeness (QED) is 0.194. The summed E-state index contributed by atoms with van der Waals surface area (Å²) in [6.07, 6.45) is 0. The van der Waals surface area contributed by atoms with Crippen LogP contribution >= 0.6 is 0 Å². The first-order valence-corrected chi connectivity index (χ1v) is 15.8. The van der Waals surface area contributed by atoms with Crippen LogP contribution in [0.4, 0.5) is 0 Å². The molecule has 0 unspecified atom stereocenters. The Kier molecular flexibility index (Phi) is 4.82. The SMILES string of the molecule is CC1(C)c2ccccc2-c2ccc3c(ccc4c3c3ccccc3n4-c3cccc4c3c3ccccc3n4-c3ccccc3)c21. The van der Waals surface area contributed by atoms with Gasteiger partial charge < -0.3 is 9.13 Å². The van der Waals surface area contributed by atoms with Crippen LogP contribution in [0.1, 0.15) is 25.0 Å². The standard InChI is InChI=1S/C43H30N2/c1-43(2)34-18-9-6-15-28(34)30-24-23-29-31(42(30)43)25-26-39-40(29)32-16-7-11-20-36(32)45(39)38-22-12-21-37-41(38)33-17-8-10-19-35(33)44(37)27-13-4-3-5-14-27/h3-26H,1-2H3. The first-order valence-electron chi connectivity index (χ1n) is 15.8. The van der Waals surface area contributed by atoms with Crippen molar-refractivity contribution >= 4 is 54.4 Å². The third-order valence-corrected chi connectivity index (χ3v) is 10.3. The van der Waals surface area contributed by atoms with Crippen LogP contribution in [0.25, 0.3) is 76.9 Å². The van der Waals surface area contributed by atoms with Gasteiger partial charge in [0.05, 0.1) is 27.8 Å². The Morgan fingerprint density at radius 3 is 1.84 bits per heavy atom. The normalized spacial score (nSPS) is 13.7. The lowest BCUT2D eigenvalue weighted by atomic mass is 9.80. The summed E-state index contributed by atoms with van der Waals surface area (Å²) in [5.74, 6) is 0. The smallest absolute Gasteiger partial charge is 0.0562 e. The van der Waals surface area contributed by atoms with Gasteiger partial charge in [-0.05, 0) is 75.5 Å². The minimum Gasteiger partial charge on any atom is -0.309 e. The van der Waals surface area contributed by atoms with Gasteiger partial charge in [0.2, 0.25) is 0 Å². The van der Waals surface area contributed by atoms with E-state index in [0.717, 1.165) is 0 Å². The second-order valence-corrected chi connectivity index (χ2v) is 12.9. The van der Waals surface area contributed by atoms with Crippen molar-refractivity contribution < 1.29 is 0 Å². The van der Waals surface area contributed by atoms with Crippen molar-refractivity contribution in [3.8, 4) is 22.5 Å². The Morgan fingerprint density at radius 1 is 0.400 bits per heavy atom. The van der Waals surface area contributed by atoms with Crippen LogP contribution in [-0.2, 0) is 5.41 Å². The van der Waals surface area contributed by atoms with E-state index in [1.165, 1.54) is 88.0 Å². The molecule has 45 heavy (non-hydrogen) atoms. The maximum atomic E-state index is 2.50. The van der Waals surface area contributed by atoms with E-state index in [2.05, 4.69) is 169 Å². The molecule has 0 aliphatic heterocycles. The van der Waals surface area contributed by atoms with E-state index in [0.29, 0.717) is 0 Å². The van der Waals surface area contributed by atoms with Crippen LogP contribution in [0.3, 0.4) is 0 Å². The van der Waals surface area contributed by atoms with Gasteiger partial charge in [0.25, 0.3) is 0 Å². The Hall–Kier alpha value is -5.60. The van der Waals surface area contributed by atoms with Gasteiger partial charge in [-0.2, -0.15) is 0 Å². The molecule has 0 N–H and O–H groups in total. The summed E-state index contributed by atoms with van der Waals surface area (Å²) in [7, 11) is 0. The van der Waals surface area contributed by atoms with Gasteiger partial charge in [0.1, 0.15) is 0 Å². The van der Waals surface area contributed by atoms with Crippen LogP contribution in [0.15, 0.2) is 146 Å². The van der Waals surface area contributed by atoms with Gasteiger partial charge in [-0.3, -0.25) is 0 Å². The van der Waals surface area contributed by atoms with Crippen LogP contribution in [-0.4, -0.2) is 9.13 Å². The molecule has 2 aromatic heterocycles. The minimum atomic E-state index is -0.0671. The summed E-state index contributed by atoms with van der Waals surface area (Å²) in [5, 5.41) is 7.81. The van der Waals surface area contributed by atoms with E-state index in [1.54, 1.807) is 0 Å². The molecule has 0 radical (unpaired) electrons. The molecule has 0 spiro atoms. The molecule has 2 heteroatoms. The first kappa shape index (κ1) is 24.8. The number of nitrogens with zero attached hydrogens (tertiary/aromatic N) is 2. The molecule has 2 nitrogen and oxygen atoms in total. The van der Waals surface area contributed by atoms with Gasteiger partial charge in [-0.25, -0.2) is 0 Å². The molecule has 0 saturated heterocycles. The van der Waals surface area contributed by atoms with Crippen molar-refractivity contribution in [2.24, 2.45) is 0 Å². The van der Waals surface area contributed by atoms with E-state index >= 15 is 0 Å². The highest BCUT2D eigenvalue weighted by atomic mass is 15.0. The van der Waals surface area contributed by atoms with Crippen molar-refractivity contribution in [2.75, 3.05) is 0 Å². The van der Waals surface area contributed by atoms with Gasteiger partial charge in [-0.15, -0.1) is 0 Å². The van der Waals surface area contributed by atoms with Gasteiger partial charge in [0, 0.05) is 32.6 Å². The Labute approximate surface area is 261 Å². The molecule has 10 rings (SSSR count). The highest BCUT2D eigenvalue weighted by molar-refractivity contribution is 6.24. The summed E-state index contributed by atoms with van der Waals surface area (Å²) < 4.78 is 4.90. The molecular weight excluding hydrogens is 544 g/mol. The molecule has 0 atom stereocenters. The lowest BCUT2D eigenvalue weighted by Gasteiger charge is -2.23. The van der Waals surface area contributed by atoms with Crippen molar-refractivity contribution in [1.29, 1.82) is 0 Å². The predicted molar refractivity (Wildman–Crippen MR) is 190 cm³/mol. The topological polar surface area (TPSA) is 9.86 Å². The number of para-hydroxylation sites is 3. The zero-order valence-corrected chi connectivity index (χ0v) is 25.3. The summed E-state index contributed by atoms with van der Waals surface area (Å²) in [6.45, 7) is 4.77. The summed E-state index contributed by atoms with van der Waals surface area (Å²) in [5.41, 5.74) is 12.8. The lowest BCUT2D eigenvalue weighted by molar-refractivity contribution is 0.666. The fourth-order valence-electron chi connectivity index (χ4n) is 8.47. The summed E-state index contributed by atoms with van der Waals surface area (Å²) >= 11 is 0. The average Bonchev–Trinajstić information content (AvgIpc) is 3.69. The number of rotatable bonds is 2. The van der Waals surface area contributed by atoms with Crippen molar-refractivity contribution in [3.63, 3.8) is 0 Å². The van der Waals surface area contributed by atoms with Crippen LogP contribution in [0.2, 0.25) is 0 Å². The molecular formula is C43H30N2. The van der Waals surface area contributed by atoms with Crippen LogP contribution in [0, 0.1) is 0 Å². The maximum absolute atomic E-state index is 2.50.